The molecule has 0 saturated carbocycles. The summed E-state index contributed by atoms with van der Waals surface area (Å²) in [6, 6.07) is 8.42. The molecule has 2 aromatic heterocycles. The Hall–Kier alpha value is -1.65. The standard InChI is InChI=1S/C16H20N2O2/c1-2-13-5-6-14(20-13)11-18-15-7-9-19-16(15)12-4-3-8-17-10-12/h3-6,8,10,15-16,18H,2,7,9,11H2,1H3/t15-,16+/m0/s1. The molecule has 0 spiro atoms. The first-order valence-corrected chi connectivity index (χ1v) is 7.19. The predicted octanol–water partition coefficient (Wildman–Crippen LogP) is 2.86. The van der Waals surface area contributed by atoms with Crippen molar-refractivity contribution in [2.24, 2.45) is 0 Å². The van der Waals surface area contributed by atoms with Crippen molar-refractivity contribution in [3.05, 3.63) is 53.7 Å². The van der Waals surface area contributed by atoms with Gasteiger partial charge in [0.05, 0.1) is 12.6 Å². The molecule has 106 valence electrons. The van der Waals surface area contributed by atoms with Crippen molar-refractivity contribution >= 4 is 0 Å². The average Bonchev–Trinajstić information content (AvgIpc) is 3.15. The van der Waals surface area contributed by atoms with Gasteiger partial charge in [0.1, 0.15) is 11.5 Å². The molecule has 0 radical (unpaired) electrons. The van der Waals surface area contributed by atoms with E-state index in [1.807, 2.05) is 24.4 Å². The Balaban J connectivity index is 1.61. The van der Waals surface area contributed by atoms with Crippen LogP contribution in [-0.2, 0) is 17.7 Å². The zero-order chi connectivity index (χ0) is 13.8. The van der Waals surface area contributed by atoms with E-state index in [0.29, 0.717) is 6.04 Å². The van der Waals surface area contributed by atoms with Gasteiger partial charge < -0.3 is 14.5 Å². The summed E-state index contributed by atoms with van der Waals surface area (Å²) in [5.74, 6) is 2.02. The molecule has 2 atom stereocenters. The SMILES string of the molecule is CCc1ccc(CN[C@H]2CCO[C@@H]2c2cccnc2)o1. The number of nitrogens with zero attached hydrogens (tertiary/aromatic N) is 1. The monoisotopic (exact) mass is 272 g/mol. The first kappa shape index (κ1) is 13.3. The van der Waals surface area contributed by atoms with Crippen LogP contribution in [-0.4, -0.2) is 17.6 Å². The summed E-state index contributed by atoms with van der Waals surface area (Å²) in [7, 11) is 0. The maximum atomic E-state index is 5.83. The van der Waals surface area contributed by atoms with Gasteiger partial charge in [-0.3, -0.25) is 4.98 Å². The van der Waals surface area contributed by atoms with Gasteiger partial charge in [0.2, 0.25) is 0 Å². The molecule has 0 amide bonds. The highest BCUT2D eigenvalue weighted by atomic mass is 16.5. The van der Waals surface area contributed by atoms with E-state index < -0.39 is 0 Å². The van der Waals surface area contributed by atoms with Gasteiger partial charge in [0.15, 0.2) is 0 Å². The Morgan fingerprint density at radius 3 is 2.95 bits per heavy atom. The normalized spacial score (nSPS) is 22.2. The molecule has 1 aliphatic heterocycles. The van der Waals surface area contributed by atoms with Crippen LogP contribution in [0.2, 0.25) is 0 Å². The number of furan rings is 1. The number of rotatable bonds is 5. The molecule has 0 aliphatic carbocycles. The van der Waals surface area contributed by atoms with E-state index in [1.54, 1.807) is 6.20 Å². The van der Waals surface area contributed by atoms with Crippen LogP contribution in [0.1, 0.15) is 36.5 Å². The molecule has 1 N–H and O–H groups in total. The molecule has 1 aliphatic rings. The fraction of sp³-hybridized carbons (Fsp3) is 0.438. The molecule has 3 rings (SSSR count). The van der Waals surface area contributed by atoms with Gasteiger partial charge in [0.25, 0.3) is 0 Å². The van der Waals surface area contributed by atoms with Crippen molar-refractivity contribution in [3.63, 3.8) is 0 Å². The highest BCUT2D eigenvalue weighted by molar-refractivity contribution is 5.16. The van der Waals surface area contributed by atoms with Gasteiger partial charge in [-0.25, -0.2) is 0 Å². The lowest BCUT2D eigenvalue weighted by atomic mass is 10.0. The Morgan fingerprint density at radius 2 is 2.20 bits per heavy atom. The molecular formula is C16H20N2O2. The third-order valence-corrected chi connectivity index (χ3v) is 3.71. The Morgan fingerprint density at radius 1 is 1.30 bits per heavy atom. The maximum absolute atomic E-state index is 5.83. The number of nitrogens with one attached hydrogen (secondary N) is 1. The first-order valence-electron chi connectivity index (χ1n) is 7.19. The van der Waals surface area contributed by atoms with Crippen molar-refractivity contribution in [3.8, 4) is 0 Å². The molecule has 0 bridgehead atoms. The topological polar surface area (TPSA) is 47.3 Å². The highest BCUT2D eigenvalue weighted by Gasteiger charge is 2.29. The average molecular weight is 272 g/mol. The van der Waals surface area contributed by atoms with Crippen molar-refractivity contribution < 1.29 is 9.15 Å². The Kier molecular flexibility index (Phi) is 4.14. The minimum atomic E-state index is 0.0873. The summed E-state index contributed by atoms with van der Waals surface area (Å²) in [4.78, 5) is 4.17. The van der Waals surface area contributed by atoms with Crippen LogP contribution in [0.25, 0.3) is 0 Å². The van der Waals surface area contributed by atoms with Crippen molar-refractivity contribution in [1.82, 2.24) is 10.3 Å². The number of hydrogen-bond acceptors (Lipinski definition) is 4. The van der Waals surface area contributed by atoms with E-state index in [0.717, 1.165) is 43.1 Å². The minimum absolute atomic E-state index is 0.0873. The van der Waals surface area contributed by atoms with Crippen molar-refractivity contribution in [2.45, 2.75) is 38.5 Å². The van der Waals surface area contributed by atoms with Crippen LogP contribution in [0.4, 0.5) is 0 Å². The zero-order valence-electron chi connectivity index (χ0n) is 11.7. The Labute approximate surface area is 119 Å². The first-order chi connectivity index (χ1) is 9.86. The van der Waals surface area contributed by atoms with Gasteiger partial charge in [-0.2, -0.15) is 0 Å². The van der Waals surface area contributed by atoms with Crippen molar-refractivity contribution in [2.75, 3.05) is 6.61 Å². The fourth-order valence-electron chi connectivity index (χ4n) is 2.61. The number of hydrogen-bond donors (Lipinski definition) is 1. The van der Waals surface area contributed by atoms with E-state index >= 15 is 0 Å². The van der Waals surface area contributed by atoms with Gasteiger partial charge in [-0.05, 0) is 24.6 Å². The van der Waals surface area contributed by atoms with Crippen LogP contribution in [0.5, 0.6) is 0 Å². The molecule has 4 heteroatoms. The van der Waals surface area contributed by atoms with E-state index in [4.69, 9.17) is 9.15 Å². The van der Waals surface area contributed by atoms with Crippen LogP contribution >= 0.6 is 0 Å². The summed E-state index contributed by atoms with van der Waals surface area (Å²) >= 11 is 0. The summed E-state index contributed by atoms with van der Waals surface area (Å²) in [5.41, 5.74) is 1.14. The lowest BCUT2D eigenvalue weighted by Gasteiger charge is -2.19. The lowest BCUT2D eigenvalue weighted by Crippen LogP contribution is -2.31. The Bertz CT molecular complexity index is 538. The maximum Gasteiger partial charge on any atom is 0.117 e. The van der Waals surface area contributed by atoms with Crippen LogP contribution in [0.15, 0.2) is 41.1 Å². The predicted molar refractivity (Wildman–Crippen MR) is 76.3 cm³/mol. The summed E-state index contributed by atoms with van der Waals surface area (Å²) in [6.07, 6.45) is 5.71. The molecule has 1 saturated heterocycles. The molecule has 1 fully saturated rings. The third-order valence-electron chi connectivity index (χ3n) is 3.71. The van der Waals surface area contributed by atoms with Gasteiger partial charge in [-0.15, -0.1) is 0 Å². The third kappa shape index (κ3) is 2.92. The van der Waals surface area contributed by atoms with Crippen molar-refractivity contribution in [1.29, 1.82) is 0 Å². The molecular weight excluding hydrogens is 252 g/mol. The number of aryl methyl sites for hydroxylation is 1. The van der Waals surface area contributed by atoms with Crippen LogP contribution in [0, 0.1) is 0 Å². The zero-order valence-corrected chi connectivity index (χ0v) is 11.7. The quantitative estimate of drug-likeness (QED) is 0.909. The second-order valence-corrected chi connectivity index (χ2v) is 5.08. The smallest absolute Gasteiger partial charge is 0.117 e. The highest BCUT2D eigenvalue weighted by Crippen LogP contribution is 2.28. The van der Waals surface area contributed by atoms with Gasteiger partial charge in [-0.1, -0.05) is 13.0 Å². The number of pyridine rings is 1. The van der Waals surface area contributed by atoms with E-state index in [2.05, 4.69) is 23.3 Å². The van der Waals surface area contributed by atoms with Gasteiger partial charge >= 0.3 is 0 Å². The molecule has 2 aromatic rings. The van der Waals surface area contributed by atoms with E-state index in [9.17, 15) is 0 Å². The molecule has 4 nitrogen and oxygen atoms in total. The van der Waals surface area contributed by atoms with Crippen LogP contribution < -0.4 is 5.32 Å². The molecule has 0 unspecified atom stereocenters. The summed E-state index contributed by atoms with van der Waals surface area (Å²) < 4.78 is 11.6. The van der Waals surface area contributed by atoms with Gasteiger partial charge in [0, 0.05) is 37.0 Å². The summed E-state index contributed by atoms with van der Waals surface area (Å²) in [6.45, 7) is 3.62. The second kappa shape index (κ2) is 6.20. The molecule has 20 heavy (non-hydrogen) atoms. The lowest BCUT2D eigenvalue weighted by molar-refractivity contribution is 0.0978. The number of aromatic nitrogens is 1. The minimum Gasteiger partial charge on any atom is -0.465 e. The summed E-state index contributed by atoms with van der Waals surface area (Å²) in [5, 5.41) is 3.54. The molecule has 3 heterocycles. The second-order valence-electron chi connectivity index (χ2n) is 5.08. The molecule has 0 aromatic carbocycles. The fourth-order valence-corrected chi connectivity index (χ4v) is 2.61. The van der Waals surface area contributed by atoms with E-state index in [1.165, 1.54) is 0 Å². The van der Waals surface area contributed by atoms with Crippen LogP contribution in [0.3, 0.4) is 0 Å². The van der Waals surface area contributed by atoms with E-state index in [-0.39, 0.29) is 6.10 Å². The number of ether oxygens (including phenoxy) is 1. The largest absolute Gasteiger partial charge is 0.465 e.